The van der Waals surface area contributed by atoms with Crippen LogP contribution in [0.1, 0.15) is 24.3 Å². The third kappa shape index (κ3) is 4.28. The zero-order valence-electron chi connectivity index (χ0n) is 10.4. The van der Waals surface area contributed by atoms with Crippen molar-refractivity contribution in [1.82, 2.24) is 14.1 Å². The van der Waals surface area contributed by atoms with Gasteiger partial charge in [0.15, 0.2) is 5.69 Å². The Hall–Kier alpha value is -2.03. The predicted octanol–water partition coefficient (Wildman–Crippen LogP) is -0.237. The predicted molar refractivity (Wildman–Crippen MR) is 64.4 cm³/mol. The first-order chi connectivity index (χ1) is 9.10. The smallest absolute Gasteiger partial charge is 0.340 e. The van der Waals surface area contributed by atoms with Crippen LogP contribution in [0.15, 0.2) is 6.20 Å². The molecule has 0 radical (unpaired) electrons. The molecule has 1 amide bonds. The van der Waals surface area contributed by atoms with E-state index in [-0.39, 0.29) is 18.9 Å². The molecule has 19 heavy (non-hydrogen) atoms. The SMILES string of the molecule is CCOC(=O)C(NC(=O)c1cnsn1)C(=O)OCC. The summed E-state index contributed by atoms with van der Waals surface area (Å²) in [7, 11) is 0. The largest absolute Gasteiger partial charge is 0.464 e. The molecule has 1 heterocycles. The quantitative estimate of drug-likeness (QED) is 0.568. The third-order valence-electron chi connectivity index (χ3n) is 1.91. The molecule has 0 aliphatic carbocycles. The summed E-state index contributed by atoms with van der Waals surface area (Å²) in [5.74, 6) is -2.45. The molecule has 0 saturated carbocycles. The summed E-state index contributed by atoms with van der Waals surface area (Å²) >= 11 is 0.839. The van der Waals surface area contributed by atoms with Gasteiger partial charge in [-0.1, -0.05) is 0 Å². The number of aromatic nitrogens is 2. The van der Waals surface area contributed by atoms with Crippen LogP contribution >= 0.6 is 11.7 Å². The van der Waals surface area contributed by atoms with Crippen LogP contribution in [0.4, 0.5) is 0 Å². The number of nitrogens with zero attached hydrogens (tertiary/aromatic N) is 2. The van der Waals surface area contributed by atoms with Gasteiger partial charge >= 0.3 is 11.9 Å². The number of carbonyl (C=O) groups excluding carboxylic acids is 3. The Balaban J connectivity index is 2.76. The monoisotopic (exact) mass is 287 g/mol. The van der Waals surface area contributed by atoms with Crippen molar-refractivity contribution in [2.24, 2.45) is 0 Å². The highest BCUT2D eigenvalue weighted by atomic mass is 32.1. The Morgan fingerprint density at radius 2 is 1.84 bits per heavy atom. The van der Waals surface area contributed by atoms with E-state index in [2.05, 4.69) is 14.1 Å². The van der Waals surface area contributed by atoms with Crippen molar-refractivity contribution in [3.8, 4) is 0 Å². The summed E-state index contributed by atoms with van der Waals surface area (Å²) in [6.07, 6.45) is 1.23. The second-order valence-electron chi connectivity index (χ2n) is 3.20. The number of ether oxygens (including phenoxy) is 2. The molecule has 0 aromatic carbocycles. The Bertz CT molecular complexity index is 430. The van der Waals surface area contributed by atoms with E-state index in [0.717, 1.165) is 11.7 Å². The molecule has 0 saturated heterocycles. The van der Waals surface area contributed by atoms with Gasteiger partial charge in [0.2, 0.25) is 6.04 Å². The first kappa shape index (κ1) is 15.0. The Morgan fingerprint density at radius 1 is 1.26 bits per heavy atom. The molecule has 1 aromatic rings. The first-order valence-corrected chi connectivity index (χ1v) is 6.24. The summed E-state index contributed by atoms with van der Waals surface area (Å²) in [6.45, 7) is 3.35. The van der Waals surface area contributed by atoms with Gasteiger partial charge in [0.05, 0.1) is 31.1 Å². The maximum Gasteiger partial charge on any atom is 0.340 e. The van der Waals surface area contributed by atoms with E-state index in [1.165, 1.54) is 6.20 Å². The molecule has 0 fully saturated rings. The standard InChI is InChI=1S/C10H13N3O5S/c1-3-17-9(15)7(10(16)18-4-2)12-8(14)6-5-11-19-13-6/h5,7H,3-4H2,1-2H3,(H,12,14). The first-order valence-electron chi connectivity index (χ1n) is 5.51. The maximum atomic E-state index is 11.7. The minimum Gasteiger partial charge on any atom is -0.464 e. The van der Waals surface area contributed by atoms with E-state index in [4.69, 9.17) is 9.47 Å². The number of rotatable bonds is 6. The van der Waals surface area contributed by atoms with Gasteiger partial charge in [-0.05, 0) is 13.8 Å². The van der Waals surface area contributed by atoms with Crippen LogP contribution in [0.3, 0.4) is 0 Å². The van der Waals surface area contributed by atoms with Gasteiger partial charge in [-0.3, -0.25) is 4.79 Å². The molecule has 1 rings (SSSR count). The average Bonchev–Trinajstić information content (AvgIpc) is 2.90. The van der Waals surface area contributed by atoms with Gasteiger partial charge in [0.25, 0.3) is 5.91 Å². The number of hydrogen-bond donors (Lipinski definition) is 1. The number of amides is 1. The number of carbonyl (C=O) groups is 3. The van der Waals surface area contributed by atoms with Crippen LogP contribution in [-0.4, -0.2) is 45.8 Å². The summed E-state index contributed by atoms with van der Waals surface area (Å²) in [5.41, 5.74) is 0.0172. The van der Waals surface area contributed by atoms with Gasteiger partial charge in [-0.2, -0.15) is 8.75 Å². The molecule has 0 aliphatic heterocycles. The van der Waals surface area contributed by atoms with Crippen LogP contribution in [0.2, 0.25) is 0 Å². The van der Waals surface area contributed by atoms with Crippen LogP contribution in [-0.2, 0) is 19.1 Å². The van der Waals surface area contributed by atoms with Crippen LogP contribution < -0.4 is 5.32 Å². The summed E-state index contributed by atoms with van der Waals surface area (Å²) in [6, 6.07) is -1.51. The van der Waals surface area contributed by atoms with Crippen LogP contribution in [0.5, 0.6) is 0 Å². The highest BCUT2D eigenvalue weighted by Gasteiger charge is 2.32. The Labute approximate surface area is 113 Å². The van der Waals surface area contributed by atoms with Gasteiger partial charge in [0, 0.05) is 0 Å². The zero-order valence-corrected chi connectivity index (χ0v) is 11.2. The van der Waals surface area contributed by atoms with E-state index in [0.29, 0.717) is 0 Å². The molecular formula is C10H13N3O5S. The molecule has 104 valence electrons. The summed E-state index contributed by atoms with van der Waals surface area (Å²) in [4.78, 5) is 34.9. The van der Waals surface area contributed by atoms with Gasteiger partial charge in [0.1, 0.15) is 0 Å². The van der Waals surface area contributed by atoms with Crippen molar-refractivity contribution in [3.05, 3.63) is 11.9 Å². The van der Waals surface area contributed by atoms with E-state index in [1.807, 2.05) is 0 Å². The lowest BCUT2D eigenvalue weighted by Gasteiger charge is -2.14. The van der Waals surface area contributed by atoms with Crippen molar-refractivity contribution in [1.29, 1.82) is 0 Å². The third-order valence-corrected chi connectivity index (χ3v) is 2.39. The lowest BCUT2D eigenvalue weighted by Crippen LogP contribution is -2.48. The molecule has 1 aromatic heterocycles. The fourth-order valence-electron chi connectivity index (χ4n) is 1.13. The minimum atomic E-state index is -1.51. The van der Waals surface area contributed by atoms with E-state index < -0.39 is 23.9 Å². The topological polar surface area (TPSA) is 107 Å². The molecule has 1 N–H and O–H groups in total. The highest BCUT2D eigenvalue weighted by molar-refractivity contribution is 6.99. The minimum absolute atomic E-state index is 0.0172. The van der Waals surface area contributed by atoms with Crippen molar-refractivity contribution < 1.29 is 23.9 Å². The van der Waals surface area contributed by atoms with Gasteiger partial charge in [-0.15, -0.1) is 0 Å². The molecule has 0 atom stereocenters. The zero-order chi connectivity index (χ0) is 14.3. The molecule has 0 aliphatic rings. The molecular weight excluding hydrogens is 274 g/mol. The number of hydrogen-bond acceptors (Lipinski definition) is 8. The van der Waals surface area contributed by atoms with Crippen molar-refractivity contribution in [3.63, 3.8) is 0 Å². The number of esters is 2. The average molecular weight is 287 g/mol. The van der Waals surface area contributed by atoms with Gasteiger partial charge < -0.3 is 14.8 Å². The molecule has 0 bridgehead atoms. The molecule has 9 heteroatoms. The Morgan fingerprint density at radius 3 is 2.26 bits per heavy atom. The fraction of sp³-hybridized carbons (Fsp3) is 0.500. The van der Waals surface area contributed by atoms with Crippen molar-refractivity contribution >= 4 is 29.6 Å². The van der Waals surface area contributed by atoms with Crippen LogP contribution in [0, 0.1) is 0 Å². The second kappa shape index (κ2) is 7.41. The molecule has 8 nitrogen and oxygen atoms in total. The van der Waals surface area contributed by atoms with E-state index >= 15 is 0 Å². The summed E-state index contributed by atoms with van der Waals surface area (Å²) < 4.78 is 16.7. The second-order valence-corrected chi connectivity index (χ2v) is 3.76. The van der Waals surface area contributed by atoms with Crippen molar-refractivity contribution in [2.45, 2.75) is 19.9 Å². The maximum absolute atomic E-state index is 11.7. The molecule has 0 spiro atoms. The fourth-order valence-corrected chi connectivity index (χ4v) is 1.55. The van der Waals surface area contributed by atoms with Crippen LogP contribution in [0.25, 0.3) is 0 Å². The summed E-state index contributed by atoms with van der Waals surface area (Å²) in [5, 5.41) is 2.20. The molecule has 0 unspecified atom stereocenters. The van der Waals surface area contributed by atoms with Gasteiger partial charge in [-0.25, -0.2) is 9.59 Å². The Kier molecular flexibility index (Phi) is 5.86. The lowest BCUT2D eigenvalue weighted by atomic mass is 10.3. The van der Waals surface area contributed by atoms with E-state index in [1.54, 1.807) is 13.8 Å². The normalized spacial score (nSPS) is 10.1. The van der Waals surface area contributed by atoms with Crippen molar-refractivity contribution in [2.75, 3.05) is 13.2 Å². The lowest BCUT2D eigenvalue weighted by molar-refractivity contribution is -0.157. The van der Waals surface area contributed by atoms with E-state index in [9.17, 15) is 14.4 Å². The highest BCUT2D eigenvalue weighted by Crippen LogP contribution is 1.99. The number of nitrogens with one attached hydrogen (secondary N) is 1.